The summed E-state index contributed by atoms with van der Waals surface area (Å²) in [5.74, 6) is -1.30. The first-order valence-corrected chi connectivity index (χ1v) is 7.46. The van der Waals surface area contributed by atoms with Crippen molar-refractivity contribution in [2.24, 2.45) is 23.0 Å². The summed E-state index contributed by atoms with van der Waals surface area (Å²) in [7, 11) is 0. The van der Waals surface area contributed by atoms with Crippen molar-refractivity contribution in [3.8, 4) is 0 Å². The van der Waals surface area contributed by atoms with Crippen molar-refractivity contribution >= 4 is 11.9 Å². The van der Waals surface area contributed by atoms with E-state index in [4.69, 9.17) is 10.8 Å². The van der Waals surface area contributed by atoms with E-state index in [-0.39, 0.29) is 29.2 Å². The molecule has 1 aliphatic rings. The Morgan fingerprint density at radius 1 is 1.35 bits per heavy atom. The number of nitrogens with two attached hydrogens (primary N) is 1. The number of nitrogens with one attached hydrogen (secondary N) is 1. The van der Waals surface area contributed by atoms with Crippen LogP contribution in [0.3, 0.4) is 0 Å². The normalized spacial score (nSPS) is 25.0. The number of carbonyl (C=O) groups excluding carboxylic acids is 1. The molecule has 0 aromatic carbocycles. The predicted molar refractivity (Wildman–Crippen MR) is 78.1 cm³/mol. The van der Waals surface area contributed by atoms with E-state index in [1.165, 1.54) is 0 Å². The highest BCUT2D eigenvalue weighted by atomic mass is 16.4. The zero-order valence-electron chi connectivity index (χ0n) is 12.8. The molecule has 0 aliphatic heterocycles. The van der Waals surface area contributed by atoms with Gasteiger partial charge < -0.3 is 16.2 Å². The second-order valence-corrected chi connectivity index (χ2v) is 7.10. The Labute approximate surface area is 121 Å². The van der Waals surface area contributed by atoms with Crippen LogP contribution in [0.25, 0.3) is 0 Å². The van der Waals surface area contributed by atoms with Crippen LogP contribution in [0.2, 0.25) is 0 Å². The molecule has 1 saturated carbocycles. The molecule has 116 valence electrons. The maximum absolute atomic E-state index is 12.3. The molecule has 3 atom stereocenters. The quantitative estimate of drug-likeness (QED) is 0.717. The number of carboxylic acids is 1. The van der Waals surface area contributed by atoms with Crippen molar-refractivity contribution in [3.05, 3.63) is 0 Å². The summed E-state index contributed by atoms with van der Waals surface area (Å²) >= 11 is 0. The van der Waals surface area contributed by atoms with E-state index in [2.05, 4.69) is 26.1 Å². The molecule has 3 unspecified atom stereocenters. The number of carboxylic acid groups (broad SMARTS) is 1. The van der Waals surface area contributed by atoms with E-state index in [1.54, 1.807) is 0 Å². The topological polar surface area (TPSA) is 92.4 Å². The number of hydrogen-bond acceptors (Lipinski definition) is 3. The Bertz CT molecular complexity index is 350. The summed E-state index contributed by atoms with van der Waals surface area (Å²) in [6, 6.07) is -0.0219. The first-order chi connectivity index (χ1) is 9.23. The lowest BCUT2D eigenvalue weighted by Crippen LogP contribution is -2.45. The molecule has 4 N–H and O–H groups in total. The minimum absolute atomic E-state index is 0.0219. The lowest BCUT2D eigenvalue weighted by molar-refractivity contribution is -0.143. The Morgan fingerprint density at radius 2 is 2.00 bits per heavy atom. The van der Waals surface area contributed by atoms with E-state index >= 15 is 0 Å². The van der Waals surface area contributed by atoms with Crippen LogP contribution in [-0.4, -0.2) is 29.6 Å². The molecule has 20 heavy (non-hydrogen) atoms. The average Bonchev–Trinajstić information content (AvgIpc) is 2.35. The van der Waals surface area contributed by atoms with Gasteiger partial charge in [0.1, 0.15) is 0 Å². The van der Waals surface area contributed by atoms with Gasteiger partial charge in [0, 0.05) is 12.6 Å². The summed E-state index contributed by atoms with van der Waals surface area (Å²) in [6.45, 7) is 6.59. The van der Waals surface area contributed by atoms with Crippen molar-refractivity contribution in [2.75, 3.05) is 6.54 Å². The largest absolute Gasteiger partial charge is 0.481 e. The van der Waals surface area contributed by atoms with E-state index in [9.17, 15) is 9.59 Å². The Balaban J connectivity index is 2.53. The zero-order chi connectivity index (χ0) is 15.3. The van der Waals surface area contributed by atoms with Crippen LogP contribution < -0.4 is 11.1 Å². The molecule has 0 aromatic heterocycles. The van der Waals surface area contributed by atoms with E-state index in [0.29, 0.717) is 19.4 Å². The summed E-state index contributed by atoms with van der Waals surface area (Å²) < 4.78 is 0. The summed E-state index contributed by atoms with van der Waals surface area (Å²) in [5.41, 5.74) is 5.76. The number of aliphatic carboxylic acids is 1. The highest BCUT2D eigenvalue weighted by Crippen LogP contribution is 2.27. The first kappa shape index (κ1) is 17.0. The molecule has 1 fully saturated rings. The van der Waals surface area contributed by atoms with Gasteiger partial charge in [-0.1, -0.05) is 27.2 Å². The molecule has 0 saturated heterocycles. The Kier molecular flexibility index (Phi) is 5.99. The molecule has 1 amide bonds. The van der Waals surface area contributed by atoms with Crippen molar-refractivity contribution in [1.29, 1.82) is 0 Å². The monoisotopic (exact) mass is 284 g/mol. The van der Waals surface area contributed by atoms with Crippen molar-refractivity contribution in [3.63, 3.8) is 0 Å². The molecule has 0 heterocycles. The van der Waals surface area contributed by atoms with Gasteiger partial charge in [-0.25, -0.2) is 0 Å². The second-order valence-electron chi connectivity index (χ2n) is 7.10. The van der Waals surface area contributed by atoms with Crippen LogP contribution >= 0.6 is 0 Å². The lowest BCUT2D eigenvalue weighted by atomic mass is 9.83. The molecular weight excluding hydrogens is 256 g/mol. The summed E-state index contributed by atoms with van der Waals surface area (Å²) in [5, 5.41) is 12.1. The Morgan fingerprint density at radius 3 is 2.50 bits per heavy atom. The van der Waals surface area contributed by atoms with Gasteiger partial charge in [-0.05, 0) is 31.1 Å². The van der Waals surface area contributed by atoms with Crippen LogP contribution in [0.5, 0.6) is 0 Å². The van der Waals surface area contributed by atoms with E-state index in [1.807, 2.05) is 0 Å². The van der Waals surface area contributed by atoms with E-state index in [0.717, 1.165) is 19.3 Å². The molecule has 0 radical (unpaired) electrons. The van der Waals surface area contributed by atoms with Gasteiger partial charge in [0.15, 0.2) is 0 Å². The number of rotatable bonds is 5. The van der Waals surface area contributed by atoms with Crippen LogP contribution in [0.1, 0.15) is 52.9 Å². The zero-order valence-corrected chi connectivity index (χ0v) is 12.8. The Hall–Kier alpha value is -1.10. The third-order valence-corrected chi connectivity index (χ3v) is 3.88. The third-order valence-electron chi connectivity index (χ3n) is 3.88. The average molecular weight is 284 g/mol. The molecule has 1 rings (SSSR count). The number of carbonyl (C=O) groups is 2. The number of amides is 1. The van der Waals surface area contributed by atoms with Gasteiger partial charge in [-0.2, -0.15) is 0 Å². The van der Waals surface area contributed by atoms with Crippen LogP contribution in [0.15, 0.2) is 0 Å². The molecule has 0 spiro atoms. The van der Waals surface area contributed by atoms with Gasteiger partial charge in [-0.3, -0.25) is 9.59 Å². The fourth-order valence-corrected chi connectivity index (χ4v) is 2.89. The van der Waals surface area contributed by atoms with Gasteiger partial charge in [0.2, 0.25) is 5.91 Å². The highest BCUT2D eigenvalue weighted by Gasteiger charge is 2.30. The highest BCUT2D eigenvalue weighted by molar-refractivity contribution is 5.79. The van der Waals surface area contributed by atoms with Gasteiger partial charge >= 0.3 is 5.97 Å². The van der Waals surface area contributed by atoms with E-state index < -0.39 is 5.97 Å². The minimum atomic E-state index is -0.756. The van der Waals surface area contributed by atoms with Crippen molar-refractivity contribution in [2.45, 2.75) is 58.9 Å². The fourth-order valence-electron chi connectivity index (χ4n) is 2.89. The van der Waals surface area contributed by atoms with Crippen LogP contribution in [-0.2, 0) is 9.59 Å². The van der Waals surface area contributed by atoms with Crippen molar-refractivity contribution < 1.29 is 14.7 Å². The summed E-state index contributed by atoms with van der Waals surface area (Å²) in [4.78, 5) is 23.3. The smallest absolute Gasteiger partial charge is 0.306 e. The fraction of sp³-hybridized carbons (Fsp3) is 0.867. The number of hydrogen-bond donors (Lipinski definition) is 3. The minimum Gasteiger partial charge on any atom is -0.481 e. The van der Waals surface area contributed by atoms with Crippen LogP contribution in [0.4, 0.5) is 0 Å². The third kappa shape index (κ3) is 5.49. The van der Waals surface area contributed by atoms with Gasteiger partial charge in [0.25, 0.3) is 0 Å². The second kappa shape index (κ2) is 7.07. The molecular formula is C15H28N2O3. The maximum Gasteiger partial charge on any atom is 0.306 e. The lowest BCUT2D eigenvalue weighted by Gasteiger charge is -2.30. The van der Waals surface area contributed by atoms with Crippen LogP contribution in [0, 0.1) is 17.3 Å². The molecule has 0 bridgehead atoms. The molecule has 1 aliphatic carbocycles. The van der Waals surface area contributed by atoms with Gasteiger partial charge in [-0.15, -0.1) is 0 Å². The SMILES string of the molecule is CC(C)(C)CC(CN)C(=O)NC1CCCC(C(=O)O)C1. The van der Waals surface area contributed by atoms with Crippen molar-refractivity contribution in [1.82, 2.24) is 5.32 Å². The molecule has 0 aromatic rings. The van der Waals surface area contributed by atoms with Gasteiger partial charge in [0.05, 0.1) is 11.8 Å². The molecule has 5 nitrogen and oxygen atoms in total. The predicted octanol–water partition coefficient (Wildman–Crippen LogP) is 1.76. The maximum atomic E-state index is 12.3. The standard InChI is InChI=1S/C15H28N2O3/c1-15(2,3)8-11(9-16)13(18)17-12-6-4-5-10(7-12)14(19)20/h10-12H,4-9,16H2,1-3H3,(H,17,18)(H,19,20). The summed E-state index contributed by atoms with van der Waals surface area (Å²) in [6.07, 6.45) is 3.71. The molecule has 5 heteroatoms. The first-order valence-electron chi connectivity index (χ1n) is 7.46.